The molecule has 0 unspecified atom stereocenters. The molecule has 19 heavy (non-hydrogen) atoms. The van der Waals surface area contributed by atoms with Crippen LogP contribution in [-0.4, -0.2) is 20.5 Å². The summed E-state index contributed by atoms with van der Waals surface area (Å²) in [6.45, 7) is 2.85. The second-order valence-corrected chi connectivity index (χ2v) is 6.22. The summed E-state index contributed by atoms with van der Waals surface area (Å²) in [5, 5.41) is 0. The second kappa shape index (κ2) is 6.08. The third-order valence-electron chi connectivity index (χ3n) is 1.95. The molecular formula is C10H14ClF3N2O2S. The summed E-state index contributed by atoms with van der Waals surface area (Å²) in [7, 11) is -4.42. The first kappa shape index (κ1) is 18.2. The zero-order chi connectivity index (χ0) is 14.1. The first-order valence-corrected chi connectivity index (χ1v) is 6.44. The third kappa shape index (κ3) is 4.98. The summed E-state index contributed by atoms with van der Waals surface area (Å²) in [4.78, 5) is -1.21. The molecule has 4 nitrogen and oxygen atoms in total. The smallest absolute Gasteiger partial charge is 0.246 e. The van der Waals surface area contributed by atoms with Crippen LogP contribution in [0.3, 0.4) is 0 Å². The van der Waals surface area contributed by atoms with Gasteiger partial charge in [-0.2, -0.15) is 0 Å². The van der Waals surface area contributed by atoms with E-state index in [1.165, 1.54) is 13.8 Å². The van der Waals surface area contributed by atoms with Gasteiger partial charge in [-0.15, -0.1) is 12.4 Å². The molecule has 0 fully saturated rings. The van der Waals surface area contributed by atoms with Gasteiger partial charge < -0.3 is 5.73 Å². The van der Waals surface area contributed by atoms with E-state index < -0.39 is 37.9 Å². The van der Waals surface area contributed by atoms with Gasteiger partial charge in [0, 0.05) is 24.2 Å². The van der Waals surface area contributed by atoms with E-state index in [1.807, 2.05) is 4.72 Å². The summed E-state index contributed by atoms with van der Waals surface area (Å²) in [6.07, 6.45) is 0. The highest BCUT2D eigenvalue weighted by Crippen LogP contribution is 2.20. The van der Waals surface area contributed by atoms with Crippen LogP contribution in [0, 0.1) is 17.5 Å². The van der Waals surface area contributed by atoms with Gasteiger partial charge in [0.15, 0.2) is 4.90 Å². The predicted molar refractivity (Wildman–Crippen MR) is 67.0 cm³/mol. The lowest BCUT2D eigenvalue weighted by molar-refractivity contribution is 0.477. The summed E-state index contributed by atoms with van der Waals surface area (Å²) < 4.78 is 64.5. The molecule has 0 heterocycles. The minimum Gasteiger partial charge on any atom is -0.324 e. The molecule has 0 aliphatic rings. The molecule has 0 aliphatic carbocycles. The van der Waals surface area contributed by atoms with E-state index in [2.05, 4.69) is 0 Å². The molecule has 0 radical (unpaired) electrons. The lowest BCUT2D eigenvalue weighted by atomic mass is 10.1. The molecule has 0 spiro atoms. The number of rotatable bonds is 4. The molecule has 3 N–H and O–H groups in total. The van der Waals surface area contributed by atoms with Crippen LogP contribution < -0.4 is 10.5 Å². The number of halogens is 4. The number of nitrogens with two attached hydrogens (primary N) is 1. The molecule has 0 aliphatic heterocycles. The van der Waals surface area contributed by atoms with Crippen molar-refractivity contribution in [3.8, 4) is 0 Å². The van der Waals surface area contributed by atoms with Crippen LogP contribution in [0.1, 0.15) is 13.8 Å². The summed E-state index contributed by atoms with van der Waals surface area (Å²) in [5.74, 6) is -4.17. The van der Waals surface area contributed by atoms with E-state index in [0.29, 0.717) is 12.1 Å². The Kier molecular flexibility index (Phi) is 5.82. The van der Waals surface area contributed by atoms with Crippen molar-refractivity contribution in [3.63, 3.8) is 0 Å². The van der Waals surface area contributed by atoms with Gasteiger partial charge in [-0.05, 0) is 13.8 Å². The zero-order valence-electron chi connectivity index (χ0n) is 10.2. The van der Waals surface area contributed by atoms with Crippen molar-refractivity contribution < 1.29 is 21.6 Å². The average molecular weight is 319 g/mol. The number of hydrogen-bond acceptors (Lipinski definition) is 3. The van der Waals surface area contributed by atoms with Gasteiger partial charge in [0.2, 0.25) is 10.0 Å². The Morgan fingerprint density at radius 1 is 1.21 bits per heavy atom. The van der Waals surface area contributed by atoms with E-state index >= 15 is 0 Å². The largest absolute Gasteiger partial charge is 0.324 e. The molecule has 110 valence electrons. The highest BCUT2D eigenvalue weighted by molar-refractivity contribution is 7.89. The minimum absolute atomic E-state index is 0. The van der Waals surface area contributed by atoms with Crippen molar-refractivity contribution in [1.29, 1.82) is 0 Å². The second-order valence-electron chi connectivity index (χ2n) is 4.51. The molecule has 0 saturated heterocycles. The maximum Gasteiger partial charge on any atom is 0.246 e. The van der Waals surface area contributed by atoms with Gasteiger partial charge in [-0.3, -0.25) is 0 Å². The van der Waals surface area contributed by atoms with E-state index in [0.717, 1.165) is 0 Å². The molecule has 0 saturated carbocycles. The molecule has 1 rings (SSSR count). The molecule has 0 amide bonds. The highest BCUT2D eigenvalue weighted by atomic mass is 35.5. The van der Waals surface area contributed by atoms with Crippen LogP contribution in [0.5, 0.6) is 0 Å². The van der Waals surface area contributed by atoms with E-state index in [1.54, 1.807) is 0 Å². The number of hydrogen-bond donors (Lipinski definition) is 2. The monoisotopic (exact) mass is 318 g/mol. The summed E-state index contributed by atoms with van der Waals surface area (Å²) in [6, 6.07) is 0.594. The minimum atomic E-state index is -4.42. The topological polar surface area (TPSA) is 72.2 Å². The average Bonchev–Trinajstić information content (AvgIpc) is 2.11. The first-order valence-electron chi connectivity index (χ1n) is 4.96. The Morgan fingerprint density at radius 3 is 2.00 bits per heavy atom. The van der Waals surface area contributed by atoms with Crippen LogP contribution in [0.2, 0.25) is 0 Å². The van der Waals surface area contributed by atoms with Crippen molar-refractivity contribution in [2.24, 2.45) is 5.73 Å². The Hall–Kier alpha value is -0.830. The van der Waals surface area contributed by atoms with Crippen molar-refractivity contribution in [3.05, 3.63) is 29.6 Å². The van der Waals surface area contributed by atoms with Gasteiger partial charge in [-0.1, -0.05) is 0 Å². The van der Waals surface area contributed by atoms with Gasteiger partial charge >= 0.3 is 0 Å². The van der Waals surface area contributed by atoms with Gasteiger partial charge in [0.1, 0.15) is 17.5 Å². The van der Waals surface area contributed by atoms with Crippen LogP contribution >= 0.6 is 12.4 Å². The lowest BCUT2D eigenvalue weighted by Gasteiger charge is -2.19. The van der Waals surface area contributed by atoms with Crippen LogP contribution in [-0.2, 0) is 10.0 Å². The van der Waals surface area contributed by atoms with Gasteiger partial charge in [0.25, 0.3) is 0 Å². The summed E-state index contributed by atoms with van der Waals surface area (Å²) in [5.41, 5.74) is 4.66. The van der Waals surface area contributed by atoms with Gasteiger partial charge in [-0.25, -0.2) is 26.3 Å². The molecule has 0 aromatic heterocycles. The highest BCUT2D eigenvalue weighted by Gasteiger charge is 2.26. The quantitative estimate of drug-likeness (QED) is 0.884. The zero-order valence-corrected chi connectivity index (χ0v) is 11.8. The van der Waals surface area contributed by atoms with Crippen molar-refractivity contribution in [1.82, 2.24) is 4.72 Å². The first-order chi connectivity index (χ1) is 8.03. The molecule has 9 heteroatoms. The lowest BCUT2D eigenvalue weighted by Crippen LogP contribution is -2.45. The van der Waals surface area contributed by atoms with Crippen LogP contribution in [0.15, 0.2) is 17.0 Å². The maximum atomic E-state index is 13.3. The van der Waals surface area contributed by atoms with Crippen LogP contribution in [0.4, 0.5) is 13.2 Å². The van der Waals surface area contributed by atoms with E-state index in [4.69, 9.17) is 5.73 Å². The fourth-order valence-corrected chi connectivity index (χ4v) is 2.48. The Balaban J connectivity index is 0.00000324. The SMILES string of the molecule is CC(C)(N)CNS(=O)(=O)c1c(F)cc(F)cc1F.Cl. The van der Waals surface area contributed by atoms with Gasteiger partial charge in [0.05, 0.1) is 0 Å². The fourth-order valence-electron chi connectivity index (χ4n) is 1.14. The maximum absolute atomic E-state index is 13.3. The Bertz CT molecular complexity index is 535. The normalized spacial score (nSPS) is 12.1. The predicted octanol–water partition coefficient (Wildman–Crippen LogP) is 1.54. The molecule has 0 bridgehead atoms. The molecular weight excluding hydrogens is 305 g/mol. The summed E-state index contributed by atoms with van der Waals surface area (Å²) >= 11 is 0. The number of sulfonamides is 1. The fraction of sp³-hybridized carbons (Fsp3) is 0.400. The molecule has 1 aromatic rings. The van der Waals surface area contributed by atoms with Crippen molar-refractivity contribution in [2.45, 2.75) is 24.3 Å². The molecule has 0 atom stereocenters. The standard InChI is InChI=1S/C10H13F3N2O2S.ClH/c1-10(2,14)5-15-18(16,17)9-7(12)3-6(11)4-8(9)13;/h3-4,15H,5,14H2,1-2H3;1H. The number of benzene rings is 1. The van der Waals surface area contributed by atoms with Crippen molar-refractivity contribution >= 4 is 22.4 Å². The van der Waals surface area contributed by atoms with E-state index in [-0.39, 0.29) is 19.0 Å². The van der Waals surface area contributed by atoms with Crippen LogP contribution in [0.25, 0.3) is 0 Å². The van der Waals surface area contributed by atoms with Crippen molar-refractivity contribution in [2.75, 3.05) is 6.54 Å². The Morgan fingerprint density at radius 2 is 1.63 bits per heavy atom. The third-order valence-corrected chi connectivity index (χ3v) is 3.40. The number of nitrogens with one attached hydrogen (secondary N) is 1. The Labute approximate surface area is 115 Å². The van der Waals surface area contributed by atoms with E-state index in [9.17, 15) is 21.6 Å². The molecule has 1 aromatic carbocycles.